The number of aliphatic hydroxyl groups is 1. The number of amides is 2. The van der Waals surface area contributed by atoms with E-state index in [4.69, 9.17) is 5.73 Å². The summed E-state index contributed by atoms with van der Waals surface area (Å²) < 4.78 is 0. The Morgan fingerprint density at radius 1 is 1.16 bits per heavy atom. The maximum atomic E-state index is 12.0. The van der Waals surface area contributed by atoms with E-state index in [1.807, 2.05) is 13.8 Å². The predicted octanol–water partition coefficient (Wildman–Crippen LogP) is 2.26. The molecule has 1 saturated carbocycles. The number of primary amides is 1. The van der Waals surface area contributed by atoms with Gasteiger partial charge in [-0.15, -0.1) is 0 Å². The van der Waals surface area contributed by atoms with E-state index in [1.165, 1.54) is 0 Å². The lowest BCUT2D eigenvalue weighted by molar-refractivity contribution is 0.0960. The Labute approximate surface area is 181 Å². The van der Waals surface area contributed by atoms with E-state index in [9.17, 15) is 14.7 Å². The Morgan fingerprint density at radius 3 is 2.45 bits per heavy atom. The van der Waals surface area contributed by atoms with Crippen LogP contribution in [-0.4, -0.2) is 46.1 Å². The Kier molecular flexibility index (Phi) is 7.06. The molecular weight excluding hydrogens is 396 g/mol. The number of nitrogens with zero attached hydrogens (tertiary/aromatic N) is 2. The molecule has 1 aromatic heterocycles. The summed E-state index contributed by atoms with van der Waals surface area (Å²) in [6.07, 6.45) is 3.51. The molecule has 0 spiro atoms. The van der Waals surface area contributed by atoms with Crippen molar-refractivity contribution in [1.29, 1.82) is 0 Å². The van der Waals surface area contributed by atoms with E-state index >= 15 is 0 Å². The van der Waals surface area contributed by atoms with Crippen LogP contribution in [0.4, 0.5) is 17.3 Å². The van der Waals surface area contributed by atoms with Crippen molar-refractivity contribution in [2.24, 2.45) is 5.73 Å². The van der Waals surface area contributed by atoms with Crippen molar-refractivity contribution in [3.63, 3.8) is 0 Å². The van der Waals surface area contributed by atoms with Crippen LogP contribution in [0.15, 0.2) is 18.2 Å². The molecule has 1 aliphatic carbocycles. The number of anilines is 3. The van der Waals surface area contributed by atoms with Gasteiger partial charge in [0, 0.05) is 24.3 Å². The number of benzene rings is 1. The van der Waals surface area contributed by atoms with Crippen LogP contribution < -0.4 is 21.7 Å². The molecule has 0 bridgehead atoms. The van der Waals surface area contributed by atoms with Gasteiger partial charge in [-0.25, -0.2) is 9.97 Å². The second kappa shape index (κ2) is 9.74. The van der Waals surface area contributed by atoms with Crippen molar-refractivity contribution < 1.29 is 14.7 Å². The van der Waals surface area contributed by atoms with Crippen LogP contribution in [0.2, 0.25) is 0 Å². The molecule has 2 aromatic rings. The van der Waals surface area contributed by atoms with Gasteiger partial charge < -0.3 is 26.8 Å². The van der Waals surface area contributed by atoms with Crippen molar-refractivity contribution in [3.8, 4) is 0 Å². The lowest BCUT2D eigenvalue weighted by atomic mass is 9.93. The minimum atomic E-state index is -0.671. The summed E-state index contributed by atoms with van der Waals surface area (Å²) in [5.74, 6) is 0.0269. The number of nitrogens with two attached hydrogens (primary N) is 1. The standard InChI is InChI=1S/C22H30N6O3/c1-4-17-20(25-13-5-8-15(29)9-6-13)28-21(18(27-17)19(23)30)26-14-7-10-16(12(2)11-14)22(31)24-3/h7,10-11,13,15,29H,4-6,8-9H2,1-3H3,(H2,23,30)(H,24,31)(H2,25,26,28)/t13-,15-. The molecule has 31 heavy (non-hydrogen) atoms. The molecule has 0 saturated heterocycles. The van der Waals surface area contributed by atoms with Gasteiger partial charge in [0.1, 0.15) is 5.82 Å². The highest BCUT2D eigenvalue weighted by Gasteiger charge is 2.23. The van der Waals surface area contributed by atoms with Crippen molar-refractivity contribution in [3.05, 3.63) is 40.7 Å². The smallest absolute Gasteiger partial charge is 0.271 e. The second-order valence-corrected chi connectivity index (χ2v) is 7.82. The Balaban J connectivity index is 1.91. The zero-order chi connectivity index (χ0) is 22.5. The second-order valence-electron chi connectivity index (χ2n) is 7.82. The molecule has 0 radical (unpaired) electrons. The molecule has 0 atom stereocenters. The quantitative estimate of drug-likeness (QED) is 0.457. The number of aryl methyl sites for hydroxylation is 2. The summed E-state index contributed by atoms with van der Waals surface area (Å²) in [5, 5.41) is 18.9. The van der Waals surface area contributed by atoms with Crippen LogP contribution in [0.1, 0.15) is 64.7 Å². The van der Waals surface area contributed by atoms with Crippen LogP contribution in [0.3, 0.4) is 0 Å². The summed E-state index contributed by atoms with van der Waals surface area (Å²) in [6, 6.07) is 5.44. The zero-order valence-electron chi connectivity index (χ0n) is 18.2. The molecule has 0 aliphatic heterocycles. The van der Waals surface area contributed by atoms with E-state index in [0.717, 1.165) is 31.2 Å². The van der Waals surface area contributed by atoms with Gasteiger partial charge in [-0.3, -0.25) is 9.59 Å². The normalized spacial score (nSPS) is 18.3. The van der Waals surface area contributed by atoms with Gasteiger partial charge in [0.25, 0.3) is 11.8 Å². The van der Waals surface area contributed by atoms with E-state index in [2.05, 4.69) is 25.9 Å². The van der Waals surface area contributed by atoms with Gasteiger partial charge in [-0.2, -0.15) is 0 Å². The van der Waals surface area contributed by atoms with E-state index in [-0.39, 0.29) is 29.6 Å². The maximum Gasteiger partial charge on any atom is 0.271 e. The summed E-state index contributed by atoms with van der Waals surface area (Å²) in [7, 11) is 1.58. The number of aromatic nitrogens is 2. The van der Waals surface area contributed by atoms with Crippen LogP contribution >= 0.6 is 0 Å². The van der Waals surface area contributed by atoms with Gasteiger partial charge in [0.05, 0.1) is 11.8 Å². The SMILES string of the molecule is CCc1nc(C(N)=O)c(Nc2ccc(C(=O)NC)c(C)c2)nc1N[C@H]1CC[C@H](O)CC1. The van der Waals surface area contributed by atoms with Gasteiger partial charge >= 0.3 is 0 Å². The number of hydrogen-bond acceptors (Lipinski definition) is 7. The van der Waals surface area contributed by atoms with Gasteiger partial charge in [0.15, 0.2) is 11.5 Å². The topological polar surface area (TPSA) is 142 Å². The zero-order valence-corrected chi connectivity index (χ0v) is 18.2. The molecule has 3 rings (SSSR count). The fraction of sp³-hybridized carbons (Fsp3) is 0.455. The number of carbonyl (C=O) groups is 2. The Hall–Kier alpha value is -3.20. The lowest BCUT2D eigenvalue weighted by Crippen LogP contribution is -2.29. The van der Waals surface area contributed by atoms with Crippen LogP contribution in [-0.2, 0) is 6.42 Å². The average Bonchev–Trinajstić information content (AvgIpc) is 2.75. The van der Waals surface area contributed by atoms with Crippen LogP contribution in [0.5, 0.6) is 0 Å². The van der Waals surface area contributed by atoms with Gasteiger partial charge in [-0.1, -0.05) is 6.92 Å². The molecule has 1 aliphatic rings. The molecule has 1 heterocycles. The molecular formula is C22H30N6O3. The monoisotopic (exact) mass is 426 g/mol. The number of rotatable bonds is 7. The Bertz CT molecular complexity index is 970. The molecule has 2 amide bonds. The summed E-state index contributed by atoms with van der Waals surface area (Å²) in [6.45, 7) is 3.78. The van der Waals surface area contributed by atoms with E-state index in [1.54, 1.807) is 25.2 Å². The van der Waals surface area contributed by atoms with Gasteiger partial charge in [-0.05, 0) is 62.8 Å². The number of carbonyl (C=O) groups excluding carboxylic acids is 2. The summed E-state index contributed by atoms with van der Waals surface area (Å²) in [4.78, 5) is 33.1. The molecule has 1 aromatic carbocycles. The first-order valence-electron chi connectivity index (χ1n) is 10.6. The number of aliphatic hydroxyl groups excluding tert-OH is 1. The summed E-state index contributed by atoms with van der Waals surface area (Å²) in [5.41, 5.74) is 8.31. The predicted molar refractivity (Wildman–Crippen MR) is 120 cm³/mol. The minimum Gasteiger partial charge on any atom is -0.393 e. The third-order valence-corrected chi connectivity index (χ3v) is 5.53. The van der Waals surface area contributed by atoms with E-state index < -0.39 is 5.91 Å². The summed E-state index contributed by atoms with van der Waals surface area (Å²) >= 11 is 0. The van der Waals surface area contributed by atoms with Crippen molar-refractivity contribution in [2.45, 2.75) is 58.1 Å². The van der Waals surface area contributed by atoms with Crippen molar-refractivity contribution in [1.82, 2.24) is 15.3 Å². The van der Waals surface area contributed by atoms with Crippen LogP contribution in [0.25, 0.3) is 0 Å². The first-order chi connectivity index (χ1) is 14.8. The van der Waals surface area contributed by atoms with Crippen molar-refractivity contribution >= 4 is 29.1 Å². The lowest BCUT2D eigenvalue weighted by Gasteiger charge is -2.27. The van der Waals surface area contributed by atoms with Crippen LogP contribution in [0, 0.1) is 6.92 Å². The fourth-order valence-electron chi connectivity index (χ4n) is 3.77. The third kappa shape index (κ3) is 5.29. The first kappa shape index (κ1) is 22.5. The number of hydrogen-bond donors (Lipinski definition) is 5. The highest BCUT2D eigenvalue weighted by molar-refractivity contribution is 5.97. The third-order valence-electron chi connectivity index (χ3n) is 5.53. The first-order valence-corrected chi connectivity index (χ1v) is 10.6. The Morgan fingerprint density at radius 2 is 1.87 bits per heavy atom. The molecule has 0 unspecified atom stereocenters. The fourth-order valence-corrected chi connectivity index (χ4v) is 3.77. The molecule has 9 heteroatoms. The highest BCUT2D eigenvalue weighted by atomic mass is 16.3. The molecule has 1 fully saturated rings. The van der Waals surface area contributed by atoms with E-state index in [0.29, 0.717) is 29.2 Å². The minimum absolute atomic E-state index is 0.0643. The average molecular weight is 427 g/mol. The van der Waals surface area contributed by atoms with Crippen molar-refractivity contribution in [2.75, 3.05) is 17.7 Å². The molecule has 166 valence electrons. The number of nitrogens with one attached hydrogen (secondary N) is 3. The molecule has 9 nitrogen and oxygen atoms in total. The van der Waals surface area contributed by atoms with Gasteiger partial charge in [0.2, 0.25) is 0 Å². The maximum absolute atomic E-state index is 12.0. The largest absolute Gasteiger partial charge is 0.393 e. The molecule has 6 N–H and O–H groups in total. The highest BCUT2D eigenvalue weighted by Crippen LogP contribution is 2.27.